The fourth-order valence-corrected chi connectivity index (χ4v) is 2.66. The van der Waals surface area contributed by atoms with Crippen LogP contribution >= 0.6 is 11.8 Å². The molecule has 0 bridgehead atoms. The Bertz CT molecular complexity index is 387. The Balaban J connectivity index is 2.57. The second-order valence-corrected chi connectivity index (χ2v) is 6.21. The topological polar surface area (TPSA) is 86.7 Å². The van der Waals surface area contributed by atoms with Crippen LogP contribution in [-0.4, -0.2) is 58.4 Å². The first-order chi connectivity index (χ1) is 9.36. The number of carboxylic acid groups (broad SMARTS) is 1. The Morgan fingerprint density at radius 3 is 2.60 bits per heavy atom. The fourth-order valence-electron chi connectivity index (χ4n) is 2.19. The summed E-state index contributed by atoms with van der Waals surface area (Å²) < 4.78 is 0. The highest BCUT2D eigenvalue weighted by Gasteiger charge is 2.36. The number of hydrogen-bond donors (Lipinski definition) is 2. The van der Waals surface area contributed by atoms with Gasteiger partial charge in [0.05, 0.1) is 5.92 Å². The third-order valence-corrected chi connectivity index (χ3v) is 4.02. The summed E-state index contributed by atoms with van der Waals surface area (Å²) in [7, 11) is 0. The third kappa shape index (κ3) is 4.40. The minimum Gasteiger partial charge on any atom is -0.480 e. The summed E-state index contributed by atoms with van der Waals surface area (Å²) in [5.41, 5.74) is 0. The number of hydrogen-bond acceptors (Lipinski definition) is 4. The molecule has 20 heavy (non-hydrogen) atoms. The van der Waals surface area contributed by atoms with E-state index in [2.05, 4.69) is 5.32 Å². The number of likely N-dealkylation sites (tertiary alicyclic amines) is 1. The molecule has 1 aliphatic heterocycles. The molecule has 2 N–H and O–H groups in total. The number of nitrogens with one attached hydrogen (secondary N) is 1. The third-order valence-electron chi connectivity index (χ3n) is 3.38. The lowest BCUT2D eigenvalue weighted by Gasteiger charge is -2.21. The molecule has 0 saturated carbocycles. The minimum absolute atomic E-state index is 0.0452. The van der Waals surface area contributed by atoms with Crippen molar-refractivity contribution in [2.45, 2.75) is 38.8 Å². The van der Waals surface area contributed by atoms with Crippen molar-refractivity contribution in [1.82, 2.24) is 10.2 Å². The molecule has 1 aliphatic rings. The quantitative estimate of drug-likeness (QED) is 0.718. The summed E-state index contributed by atoms with van der Waals surface area (Å²) in [5.74, 6) is -1.19. The van der Waals surface area contributed by atoms with Gasteiger partial charge in [-0.15, -0.1) is 0 Å². The molecule has 0 aromatic carbocycles. The van der Waals surface area contributed by atoms with Crippen molar-refractivity contribution in [3.05, 3.63) is 0 Å². The highest BCUT2D eigenvalue weighted by molar-refractivity contribution is 7.98. The molecular weight excluding hydrogens is 280 g/mol. The van der Waals surface area contributed by atoms with Crippen molar-refractivity contribution in [3.8, 4) is 0 Å². The standard InChI is InChI=1S/C13H22N2O4S/c1-8(2)15-7-9(6-11(15)16)12(17)14-10(13(18)19)4-5-20-3/h8-10H,4-7H2,1-3H3,(H,14,17)(H,18,19). The second kappa shape index (κ2) is 7.52. The summed E-state index contributed by atoms with van der Waals surface area (Å²) in [6, 6.07) is -0.815. The average Bonchev–Trinajstić information content (AvgIpc) is 2.76. The van der Waals surface area contributed by atoms with Crippen molar-refractivity contribution in [2.75, 3.05) is 18.6 Å². The first-order valence-corrected chi connectivity index (χ1v) is 8.07. The lowest BCUT2D eigenvalue weighted by Crippen LogP contribution is -2.44. The maximum absolute atomic E-state index is 12.1. The van der Waals surface area contributed by atoms with Crippen molar-refractivity contribution in [3.63, 3.8) is 0 Å². The summed E-state index contributed by atoms with van der Waals surface area (Å²) in [6.07, 6.45) is 2.44. The Morgan fingerprint density at radius 2 is 2.15 bits per heavy atom. The molecule has 0 aliphatic carbocycles. The molecule has 2 atom stereocenters. The largest absolute Gasteiger partial charge is 0.480 e. The highest BCUT2D eigenvalue weighted by Crippen LogP contribution is 2.20. The molecule has 1 rings (SSSR count). The molecule has 1 fully saturated rings. The number of aliphatic carboxylic acids is 1. The first-order valence-electron chi connectivity index (χ1n) is 6.68. The summed E-state index contributed by atoms with van der Waals surface area (Å²) in [6.45, 7) is 4.17. The summed E-state index contributed by atoms with van der Waals surface area (Å²) >= 11 is 1.53. The van der Waals surface area contributed by atoms with E-state index in [9.17, 15) is 14.4 Å². The van der Waals surface area contributed by atoms with Gasteiger partial charge in [0, 0.05) is 19.0 Å². The monoisotopic (exact) mass is 302 g/mol. The van der Waals surface area contributed by atoms with Crippen LogP contribution in [0.4, 0.5) is 0 Å². The molecular formula is C13H22N2O4S. The SMILES string of the molecule is CSCCC(NC(=O)C1CC(=O)N(C(C)C)C1)C(=O)O. The van der Waals surface area contributed by atoms with Crippen LogP contribution in [0.15, 0.2) is 0 Å². The van der Waals surface area contributed by atoms with E-state index in [1.54, 1.807) is 4.90 Å². The van der Waals surface area contributed by atoms with E-state index >= 15 is 0 Å². The summed E-state index contributed by atoms with van der Waals surface area (Å²) in [5, 5.41) is 11.6. The van der Waals surface area contributed by atoms with Gasteiger partial charge in [0.1, 0.15) is 6.04 Å². The van der Waals surface area contributed by atoms with E-state index in [-0.39, 0.29) is 24.3 Å². The molecule has 0 aromatic heterocycles. The van der Waals surface area contributed by atoms with Crippen LogP contribution in [0.25, 0.3) is 0 Å². The number of carbonyl (C=O) groups excluding carboxylic acids is 2. The molecule has 7 heteroatoms. The number of rotatable bonds is 7. The van der Waals surface area contributed by atoms with E-state index in [0.717, 1.165) is 0 Å². The normalized spacial score (nSPS) is 20.3. The second-order valence-electron chi connectivity index (χ2n) is 5.22. The van der Waals surface area contributed by atoms with Gasteiger partial charge in [0.2, 0.25) is 11.8 Å². The van der Waals surface area contributed by atoms with Crippen molar-refractivity contribution < 1.29 is 19.5 Å². The number of amides is 2. The van der Waals surface area contributed by atoms with Gasteiger partial charge in [-0.2, -0.15) is 11.8 Å². The number of thioether (sulfide) groups is 1. The molecule has 1 heterocycles. The van der Waals surface area contributed by atoms with Gasteiger partial charge >= 0.3 is 5.97 Å². The van der Waals surface area contributed by atoms with Crippen molar-refractivity contribution >= 4 is 29.5 Å². The van der Waals surface area contributed by atoms with Crippen LogP contribution < -0.4 is 5.32 Å². The Hall–Kier alpha value is -1.24. The van der Waals surface area contributed by atoms with Gasteiger partial charge in [0.25, 0.3) is 0 Å². The lowest BCUT2D eigenvalue weighted by molar-refractivity contribution is -0.142. The highest BCUT2D eigenvalue weighted by atomic mass is 32.2. The van der Waals surface area contributed by atoms with Gasteiger partial charge < -0.3 is 15.3 Å². The van der Waals surface area contributed by atoms with Crippen molar-refractivity contribution in [2.24, 2.45) is 5.92 Å². The zero-order chi connectivity index (χ0) is 15.3. The van der Waals surface area contributed by atoms with Gasteiger partial charge in [0.15, 0.2) is 0 Å². The molecule has 0 radical (unpaired) electrons. The van der Waals surface area contributed by atoms with Crippen LogP contribution in [0, 0.1) is 5.92 Å². The first kappa shape index (κ1) is 16.8. The molecule has 0 aromatic rings. The maximum atomic E-state index is 12.1. The minimum atomic E-state index is -1.03. The van der Waals surface area contributed by atoms with E-state index in [1.165, 1.54) is 11.8 Å². The lowest BCUT2D eigenvalue weighted by atomic mass is 10.1. The Kier molecular flexibility index (Phi) is 6.32. The molecule has 114 valence electrons. The molecule has 2 amide bonds. The molecule has 6 nitrogen and oxygen atoms in total. The van der Waals surface area contributed by atoms with Crippen LogP contribution in [-0.2, 0) is 14.4 Å². The Morgan fingerprint density at radius 1 is 1.50 bits per heavy atom. The number of carbonyl (C=O) groups is 3. The van der Waals surface area contributed by atoms with E-state index < -0.39 is 17.9 Å². The number of nitrogens with zero attached hydrogens (tertiary/aromatic N) is 1. The van der Waals surface area contributed by atoms with Crippen LogP contribution in [0.3, 0.4) is 0 Å². The smallest absolute Gasteiger partial charge is 0.326 e. The van der Waals surface area contributed by atoms with Crippen LogP contribution in [0.2, 0.25) is 0 Å². The molecule has 1 saturated heterocycles. The van der Waals surface area contributed by atoms with E-state index in [4.69, 9.17) is 5.11 Å². The predicted molar refractivity (Wildman–Crippen MR) is 77.5 cm³/mol. The van der Waals surface area contributed by atoms with Gasteiger partial charge in [-0.25, -0.2) is 4.79 Å². The predicted octanol–water partition coefficient (Wildman–Crippen LogP) is 0.566. The van der Waals surface area contributed by atoms with Crippen LogP contribution in [0.5, 0.6) is 0 Å². The molecule has 0 spiro atoms. The Labute approximate surface area is 123 Å². The van der Waals surface area contributed by atoms with Gasteiger partial charge in [-0.3, -0.25) is 9.59 Å². The zero-order valence-electron chi connectivity index (χ0n) is 12.1. The number of carboxylic acids is 1. The average molecular weight is 302 g/mol. The van der Waals surface area contributed by atoms with E-state index in [0.29, 0.717) is 18.7 Å². The van der Waals surface area contributed by atoms with Gasteiger partial charge in [-0.1, -0.05) is 0 Å². The summed E-state index contributed by atoms with van der Waals surface area (Å²) in [4.78, 5) is 36.6. The zero-order valence-corrected chi connectivity index (χ0v) is 12.9. The van der Waals surface area contributed by atoms with E-state index in [1.807, 2.05) is 20.1 Å². The van der Waals surface area contributed by atoms with Crippen molar-refractivity contribution in [1.29, 1.82) is 0 Å². The molecule has 2 unspecified atom stereocenters. The maximum Gasteiger partial charge on any atom is 0.326 e. The van der Waals surface area contributed by atoms with Gasteiger partial charge in [-0.05, 0) is 32.3 Å². The van der Waals surface area contributed by atoms with Crippen LogP contribution in [0.1, 0.15) is 26.7 Å². The fraction of sp³-hybridized carbons (Fsp3) is 0.769.